The monoisotopic (exact) mass is 434 g/mol. The van der Waals surface area contributed by atoms with E-state index in [1.54, 1.807) is 0 Å². The number of imidazole rings is 1. The second-order valence-electron chi connectivity index (χ2n) is 8.86. The number of rotatable bonds is 4. The van der Waals surface area contributed by atoms with Gasteiger partial charge in [-0.1, -0.05) is 20.8 Å². The van der Waals surface area contributed by atoms with Crippen LogP contribution >= 0.6 is 0 Å². The topological polar surface area (TPSA) is 92.1 Å². The molecule has 2 aromatic heterocycles. The van der Waals surface area contributed by atoms with Crippen LogP contribution in [0.15, 0.2) is 12.1 Å². The first-order valence-electron chi connectivity index (χ1n) is 10.1. The van der Waals surface area contributed by atoms with E-state index in [1.807, 2.05) is 32.4 Å². The summed E-state index contributed by atoms with van der Waals surface area (Å²) in [5.74, 6) is -2.46. The van der Waals surface area contributed by atoms with Gasteiger partial charge in [-0.3, -0.25) is 9.59 Å². The number of hydrogen-bond acceptors (Lipinski definition) is 5. The molecular formula is C21H28F2N6O2. The van der Waals surface area contributed by atoms with Gasteiger partial charge in [-0.25, -0.2) is 4.98 Å². The highest BCUT2D eigenvalue weighted by Crippen LogP contribution is 2.27. The average molecular weight is 434 g/mol. The van der Waals surface area contributed by atoms with E-state index >= 15 is 0 Å². The Morgan fingerprint density at radius 3 is 2.35 bits per heavy atom. The van der Waals surface area contributed by atoms with Crippen LogP contribution in [0.3, 0.4) is 0 Å². The van der Waals surface area contributed by atoms with Crippen molar-refractivity contribution in [1.29, 1.82) is 0 Å². The third-order valence-corrected chi connectivity index (χ3v) is 5.30. The number of hydrogen-bond donors (Lipinski definition) is 2. The summed E-state index contributed by atoms with van der Waals surface area (Å²) < 4.78 is 29.3. The maximum absolute atomic E-state index is 13.8. The molecule has 0 saturated heterocycles. The van der Waals surface area contributed by atoms with Gasteiger partial charge in [0, 0.05) is 37.8 Å². The van der Waals surface area contributed by atoms with Crippen molar-refractivity contribution in [3.63, 3.8) is 0 Å². The minimum Gasteiger partial charge on any atom is -0.357 e. The third-order valence-electron chi connectivity index (χ3n) is 5.30. The van der Waals surface area contributed by atoms with Crippen molar-refractivity contribution < 1.29 is 18.4 Å². The molecule has 0 aromatic carbocycles. The standard InChI is InChI=1S/C21H28F2N6O2/c1-21(2,3)17(20(31)24-4)27-19(30)16-13-11-28(5)7-6-8-29(13)18(26-16)12-9-14(22)25-15(23)10-12/h9-10,17H,6-8,11H2,1-5H3,(H,24,31)(H,27,30)/t17-/m1/s1. The molecule has 3 heterocycles. The number of fused-ring (bicyclic) bond motifs is 1. The van der Waals surface area contributed by atoms with Gasteiger partial charge < -0.3 is 20.1 Å². The molecule has 10 heteroatoms. The Morgan fingerprint density at radius 1 is 1.13 bits per heavy atom. The molecule has 1 aliphatic rings. The molecule has 0 unspecified atom stereocenters. The number of carbonyl (C=O) groups is 2. The summed E-state index contributed by atoms with van der Waals surface area (Å²) in [5, 5.41) is 5.36. The fourth-order valence-corrected chi connectivity index (χ4v) is 3.74. The minimum absolute atomic E-state index is 0.138. The van der Waals surface area contributed by atoms with Gasteiger partial charge in [-0.2, -0.15) is 13.8 Å². The lowest BCUT2D eigenvalue weighted by Gasteiger charge is -2.29. The first-order valence-corrected chi connectivity index (χ1v) is 10.1. The summed E-state index contributed by atoms with van der Waals surface area (Å²) in [7, 11) is 3.44. The predicted octanol–water partition coefficient (Wildman–Crippen LogP) is 1.95. The number of carbonyl (C=O) groups excluding carboxylic acids is 2. The number of nitrogens with zero attached hydrogens (tertiary/aromatic N) is 4. The van der Waals surface area contributed by atoms with Crippen LogP contribution in [0.4, 0.5) is 8.78 Å². The minimum atomic E-state index is -0.962. The number of aromatic nitrogens is 3. The van der Waals surface area contributed by atoms with Crippen molar-refractivity contribution in [3.8, 4) is 11.4 Å². The summed E-state index contributed by atoms with van der Waals surface area (Å²) in [4.78, 5) is 35.3. The van der Waals surface area contributed by atoms with Crippen LogP contribution in [0.2, 0.25) is 0 Å². The normalized spacial score (nSPS) is 15.7. The first kappa shape index (κ1) is 22.8. The van der Waals surface area contributed by atoms with E-state index in [0.717, 1.165) is 25.1 Å². The molecule has 168 valence electrons. The van der Waals surface area contributed by atoms with Crippen molar-refractivity contribution in [2.75, 3.05) is 20.6 Å². The third kappa shape index (κ3) is 4.90. The Hall–Kier alpha value is -2.88. The second kappa shape index (κ2) is 8.70. The fraction of sp³-hybridized carbons (Fsp3) is 0.524. The highest BCUT2D eigenvalue weighted by atomic mass is 19.1. The van der Waals surface area contributed by atoms with E-state index in [4.69, 9.17) is 0 Å². The van der Waals surface area contributed by atoms with Crippen molar-refractivity contribution in [1.82, 2.24) is 30.1 Å². The molecule has 0 aliphatic carbocycles. The molecule has 0 bridgehead atoms. The van der Waals surface area contributed by atoms with Crippen LogP contribution in [0.1, 0.15) is 43.4 Å². The summed E-state index contributed by atoms with van der Waals surface area (Å²) in [5.41, 5.74) is 0.436. The van der Waals surface area contributed by atoms with E-state index < -0.39 is 29.3 Å². The molecule has 2 aromatic rings. The maximum Gasteiger partial charge on any atom is 0.272 e. The first-order chi connectivity index (χ1) is 14.5. The molecule has 1 atom stereocenters. The van der Waals surface area contributed by atoms with Crippen molar-refractivity contribution in [2.45, 2.75) is 46.3 Å². The summed E-state index contributed by atoms with van der Waals surface area (Å²) >= 11 is 0. The highest BCUT2D eigenvalue weighted by Gasteiger charge is 2.34. The SMILES string of the molecule is CNC(=O)[C@@H](NC(=O)c1nc(-c2cc(F)nc(F)c2)n2c1CN(C)CCC2)C(C)(C)C. The van der Waals surface area contributed by atoms with E-state index in [9.17, 15) is 18.4 Å². The number of halogens is 2. The maximum atomic E-state index is 13.8. The molecule has 0 radical (unpaired) electrons. The van der Waals surface area contributed by atoms with Crippen LogP contribution in [0, 0.1) is 17.3 Å². The van der Waals surface area contributed by atoms with Gasteiger partial charge in [0.05, 0.1) is 5.69 Å². The summed E-state index contributed by atoms with van der Waals surface area (Å²) in [6, 6.07) is 1.40. The van der Waals surface area contributed by atoms with Gasteiger partial charge in [-0.05, 0) is 25.4 Å². The van der Waals surface area contributed by atoms with Gasteiger partial charge in [-0.15, -0.1) is 0 Å². The van der Waals surface area contributed by atoms with Crippen molar-refractivity contribution in [3.05, 3.63) is 35.4 Å². The van der Waals surface area contributed by atoms with E-state index in [-0.39, 0.29) is 17.2 Å². The van der Waals surface area contributed by atoms with E-state index in [0.29, 0.717) is 24.6 Å². The Morgan fingerprint density at radius 2 is 1.77 bits per heavy atom. The molecule has 2 amide bonds. The van der Waals surface area contributed by atoms with Crippen LogP contribution in [0.5, 0.6) is 0 Å². The van der Waals surface area contributed by atoms with Gasteiger partial charge in [0.2, 0.25) is 17.8 Å². The number of pyridine rings is 1. The second-order valence-corrected chi connectivity index (χ2v) is 8.86. The molecule has 31 heavy (non-hydrogen) atoms. The Bertz CT molecular complexity index is 978. The van der Waals surface area contributed by atoms with Crippen LogP contribution < -0.4 is 10.6 Å². The molecule has 3 rings (SSSR count). The van der Waals surface area contributed by atoms with Crippen LogP contribution in [0.25, 0.3) is 11.4 Å². The molecule has 2 N–H and O–H groups in total. The highest BCUT2D eigenvalue weighted by molar-refractivity contribution is 5.97. The van der Waals surface area contributed by atoms with E-state index in [1.165, 1.54) is 7.05 Å². The van der Waals surface area contributed by atoms with E-state index in [2.05, 4.69) is 25.5 Å². The van der Waals surface area contributed by atoms with Crippen molar-refractivity contribution >= 4 is 11.8 Å². The Labute approximate surface area is 180 Å². The smallest absolute Gasteiger partial charge is 0.272 e. The molecule has 0 saturated carbocycles. The lowest BCUT2D eigenvalue weighted by atomic mass is 9.86. The van der Waals surface area contributed by atoms with Gasteiger partial charge >= 0.3 is 0 Å². The molecule has 1 aliphatic heterocycles. The van der Waals surface area contributed by atoms with Crippen LogP contribution in [-0.4, -0.2) is 57.9 Å². The zero-order valence-corrected chi connectivity index (χ0v) is 18.4. The lowest BCUT2D eigenvalue weighted by molar-refractivity contribution is -0.124. The quantitative estimate of drug-likeness (QED) is 0.718. The summed E-state index contributed by atoms with van der Waals surface area (Å²) in [6.07, 6.45) is 0.785. The van der Waals surface area contributed by atoms with Crippen LogP contribution in [-0.2, 0) is 17.9 Å². The fourth-order valence-electron chi connectivity index (χ4n) is 3.74. The largest absolute Gasteiger partial charge is 0.357 e. The lowest BCUT2D eigenvalue weighted by Crippen LogP contribution is -2.53. The molecule has 0 spiro atoms. The molecule has 0 fully saturated rings. The van der Waals surface area contributed by atoms with Gasteiger partial charge in [0.15, 0.2) is 5.69 Å². The number of nitrogens with one attached hydrogen (secondary N) is 2. The average Bonchev–Trinajstić information content (AvgIpc) is 2.90. The Balaban J connectivity index is 2.08. The number of likely N-dealkylation sites (N-methyl/N-ethyl adjacent to an activating group) is 1. The zero-order valence-electron chi connectivity index (χ0n) is 18.4. The Kier molecular flexibility index (Phi) is 6.40. The van der Waals surface area contributed by atoms with Crippen molar-refractivity contribution in [2.24, 2.45) is 5.41 Å². The molecular weight excluding hydrogens is 406 g/mol. The van der Waals surface area contributed by atoms with Gasteiger partial charge in [0.25, 0.3) is 5.91 Å². The molecule has 8 nitrogen and oxygen atoms in total. The van der Waals surface area contributed by atoms with Gasteiger partial charge in [0.1, 0.15) is 11.9 Å². The predicted molar refractivity (Wildman–Crippen MR) is 111 cm³/mol. The summed E-state index contributed by atoms with van der Waals surface area (Å²) in [6.45, 7) is 7.32. The zero-order chi connectivity index (χ0) is 22.9. The number of amides is 2.